The first kappa shape index (κ1) is 21.9. The maximum Gasteiger partial charge on any atom is 0.335 e. The van der Waals surface area contributed by atoms with Crippen LogP contribution in [0.1, 0.15) is 83.6 Å². The van der Waals surface area contributed by atoms with Gasteiger partial charge in [0.15, 0.2) is 5.78 Å². The Kier molecular flexibility index (Phi) is 4.97. The van der Waals surface area contributed by atoms with Crippen molar-refractivity contribution in [3.8, 4) is 0 Å². The van der Waals surface area contributed by atoms with Crippen molar-refractivity contribution in [2.45, 2.75) is 89.8 Å². The number of fused-ring (bicyclic) bond motifs is 5. The molecule has 1 aromatic heterocycles. The largest absolute Gasteiger partial charge is 0.463 e. The number of ether oxygens (including phenoxy) is 1. The van der Waals surface area contributed by atoms with Crippen LogP contribution in [-0.4, -0.2) is 28.6 Å². The molecule has 0 aliphatic heterocycles. The van der Waals surface area contributed by atoms with E-state index in [0.29, 0.717) is 12.3 Å². The van der Waals surface area contributed by atoms with Crippen molar-refractivity contribution in [3.63, 3.8) is 0 Å². The number of carbonyl (C=O) groups is 2. The summed E-state index contributed by atoms with van der Waals surface area (Å²) in [5, 5.41) is 12.2. The number of hydrogen-bond donors (Lipinski definition) is 1. The van der Waals surface area contributed by atoms with E-state index in [2.05, 4.69) is 13.8 Å². The van der Waals surface area contributed by atoms with Crippen LogP contribution in [0.15, 0.2) is 27.6 Å². The van der Waals surface area contributed by atoms with Gasteiger partial charge in [-0.2, -0.15) is 0 Å². The van der Waals surface area contributed by atoms with Gasteiger partial charge in [-0.1, -0.05) is 13.8 Å². The van der Waals surface area contributed by atoms with Crippen LogP contribution < -0.4 is 5.63 Å². The Hall–Kier alpha value is -1.95. The third-order valence-electron chi connectivity index (χ3n) is 10.1. The minimum atomic E-state index is -1.35. The Labute approximate surface area is 188 Å². The summed E-state index contributed by atoms with van der Waals surface area (Å²) in [7, 11) is 0. The van der Waals surface area contributed by atoms with Gasteiger partial charge in [-0.25, -0.2) is 4.79 Å². The fourth-order valence-corrected chi connectivity index (χ4v) is 8.38. The van der Waals surface area contributed by atoms with E-state index in [1.165, 1.54) is 19.3 Å². The summed E-state index contributed by atoms with van der Waals surface area (Å²) >= 11 is 0. The molecule has 174 valence electrons. The van der Waals surface area contributed by atoms with Crippen molar-refractivity contribution in [2.75, 3.05) is 0 Å². The fraction of sp³-hybridized carbons (Fsp3) is 0.731. The lowest BCUT2D eigenvalue weighted by atomic mass is 9.43. The van der Waals surface area contributed by atoms with Gasteiger partial charge < -0.3 is 14.3 Å². The summed E-state index contributed by atoms with van der Waals surface area (Å²) in [5.41, 5.74) is -1.44. The van der Waals surface area contributed by atoms with E-state index in [1.807, 2.05) is 0 Å². The number of rotatable bonds is 2. The van der Waals surface area contributed by atoms with Crippen molar-refractivity contribution in [3.05, 3.63) is 34.4 Å². The zero-order chi connectivity index (χ0) is 22.9. The smallest absolute Gasteiger partial charge is 0.335 e. The molecule has 4 aliphatic carbocycles. The predicted octanol–water partition coefficient (Wildman–Crippen LogP) is 3.99. The van der Waals surface area contributed by atoms with E-state index in [4.69, 9.17) is 9.15 Å². The number of esters is 1. The van der Waals surface area contributed by atoms with E-state index in [9.17, 15) is 19.5 Å². The topological polar surface area (TPSA) is 93.8 Å². The summed E-state index contributed by atoms with van der Waals surface area (Å²) in [6, 6.07) is 3.15. The van der Waals surface area contributed by atoms with Crippen LogP contribution >= 0.6 is 0 Å². The van der Waals surface area contributed by atoms with Crippen LogP contribution in [-0.2, 0) is 14.3 Å². The van der Waals surface area contributed by atoms with Crippen molar-refractivity contribution in [1.29, 1.82) is 0 Å². The van der Waals surface area contributed by atoms with Gasteiger partial charge in [-0.15, -0.1) is 0 Å². The number of ketones is 1. The molecule has 6 heteroatoms. The molecule has 0 bridgehead atoms. The molecule has 5 rings (SSSR count). The molecule has 0 amide bonds. The first-order valence-electron chi connectivity index (χ1n) is 12.1. The van der Waals surface area contributed by atoms with Crippen LogP contribution in [0.25, 0.3) is 0 Å². The first-order chi connectivity index (χ1) is 15.1. The van der Waals surface area contributed by atoms with Crippen molar-refractivity contribution in [1.82, 2.24) is 0 Å². The summed E-state index contributed by atoms with van der Waals surface area (Å²) in [4.78, 5) is 36.4. The zero-order valence-electron chi connectivity index (χ0n) is 19.3. The number of aliphatic hydroxyl groups is 1. The predicted molar refractivity (Wildman–Crippen MR) is 117 cm³/mol. The Bertz CT molecular complexity index is 978. The highest BCUT2D eigenvalue weighted by molar-refractivity contribution is 5.92. The van der Waals surface area contributed by atoms with Gasteiger partial charge in [0.25, 0.3) is 0 Å². The maximum atomic E-state index is 13.5. The minimum Gasteiger partial charge on any atom is -0.463 e. The van der Waals surface area contributed by atoms with Crippen molar-refractivity contribution >= 4 is 11.8 Å². The lowest BCUT2D eigenvalue weighted by Crippen LogP contribution is -2.64. The summed E-state index contributed by atoms with van der Waals surface area (Å²) in [6.45, 7) is 5.88. The summed E-state index contributed by atoms with van der Waals surface area (Å²) < 4.78 is 10.7. The van der Waals surface area contributed by atoms with Crippen LogP contribution in [0.4, 0.5) is 0 Å². The molecular formula is C26H34O6. The molecule has 1 heterocycles. The SMILES string of the molecule is CC(=O)O[C@H]1CC[C@@]2(C)[C@H](CC[C@@H]3[C@@H]2CC[C@]2(C)[C@@H](c4ccc(=O)oc4)CC(=O)[C@@]32O)C1. The molecule has 4 aliphatic rings. The van der Waals surface area contributed by atoms with Gasteiger partial charge >= 0.3 is 11.6 Å². The molecule has 6 nitrogen and oxygen atoms in total. The van der Waals surface area contributed by atoms with Crippen molar-refractivity contribution < 1.29 is 23.8 Å². The molecule has 8 atom stereocenters. The molecule has 0 spiro atoms. The normalized spacial score (nSPS) is 45.5. The van der Waals surface area contributed by atoms with E-state index >= 15 is 0 Å². The number of Topliss-reactive ketones (excluding diaryl/α,β-unsaturated/α-hetero) is 1. The third-order valence-corrected chi connectivity index (χ3v) is 10.1. The standard InChI is InChI=1S/C26H34O6/c1-15(27)32-18-8-10-24(2)17(12-18)5-6-20-19(24)9-11-25(3)21(13-22(28)26(20,25)30)16-4-7-23(29)31-14-16/h4,7,14,17-21,30H,5-6,8-13H2,1-3H3/t17-,18+,19+,20-,21-,24+,25-,26+/m1/s1. The van der Waals surface area contributed by atoms with Gasteiger partial charge in [0, 0.05) is 30.7 Å². The van der Waals surface area contributed by atoms with Gasteiger partial charge in [-0.3, -0.25) is 9.59 Å². The van der Waals surface area contributed by atoms with Crippen LogP contribution in [0.2, 0.25) is 0 Å². The third kappa shape index (κ3) is 2.91. The highest BCUT2D eigenvalue weighted by Gasteiger charge is 2.71. The Morgan fingerprint density at radius 1 is 1.09 bits per heavy atom. The molecule has 0 saturated heterocycles. The summed E-state index contributed by atoms with van der Waals surface area (Å²) in [5.74, 6) is 0.270. The van der Waals surface area contributed by atoms with Crippen molar-refractivity contribution in [2.24, 2.45) is 28.6 Å². The van der Waals surface area contributed by atoms with Crippen LogP contribution in [0.3, 0.4) is 0 Å². The van der Waals surface area contributed by atoms with E-state index in [0.717, 1.165) is 50.5 Å². The quantitative estimate of drug-likeness (QED) is 0.696. The lowest BCUT2D eigenvalue weighted by molar-refractivity contribution is -0.206. The second kappa shape index (κ2) is 7.28. The number of hydrogen-bond acceptors (Lipinski definition) is 6. The van der Waals surface area contributed by atoms with Crippen LogP contribution in [0.5, 0.6) is 0 Å². The summed E-state index contributed by atoms with van der Waals surface area (Å²) in [6.07, 6.45) is 7.98. The van der Waals surface area contributed by atoms with E-state index in [-0.39, 0.29) is 41.0 Å². The second-order valence-corrected chi connectivity index (χ2v) is 11.3. The molecule has 1 aromatic rings. The minimum absolute atomic E-state index is 0.00991. The van der Waals surface area contributed by atoms with Gasteiger partial charge in [-0.05, 0) is 79.7 Å². The molecule has 1 N–H and O–H groups in total. The monoisotopic (exact) mass is 442 g/mol. The highest BCUT2D eigenvalue weighted by atomic mass is 16.5. The average molecular weight is 443 g/mol. The number of carbonyl (C=O) groups excluding carboxylic acids is 2. The molecule has 0 radical (unpaired) electrons. The highest BCUT2D eigenvalue weighted by Crippen LogP contribution is 2.69. The lowest BCUT2D eigenvalue weighted by Gasteiger charge is -2.63. The van der Waals surface area contributed by atoms with Crippen LogP contribution in [0, 0.1) is 28.6 Å². The van der Waals surface area contributed by atoms with E-state index in [1.54, 1.807) is 6.07 Å². The first-order valence-corrected chi connectivity index (χ1v) is 12.1. The second-order valence-electron chi connectivity index (χ2n) is 11.3. The Morgan fingerprint density at radius 3 is 2.56 bits per heavy atom. The average Bonchev–Trinajstić information content (AvgIpc) is 2.95. The zero-order valence-corrected chi connectivity index (χ0v) is 19.3. The molecular weight excluding hydrogens is 408 g/mol. The Morgan fingerprint density at radius 2 is 1.88 bits per heavy atom. The molecule has 0 unspecified atom stereocenters. The van der Waals surface area contributed by atoms with Gasteiger partial charge in [0.2, 0.25) is 0 Å². The fourth-order valence-electron chi connectivity index (χ4n) is 8.38. The maximum absolute atomic E-state index is 13.5. The molecule has 0 aromatic carbocycles. The van der Waals surface area contributed by atoms with E-state index < -0.39 is 16.6 Å². The van der Waals surface area contributed by atoms with Gasteiger partial charge in [0.1, 0.15) is 11.7 Å². The molecule has 4 fully saturated rings. The molecule has 4 saturated carbocycles. The Balaban J connectivity index is 1.45. The van der Waals surface area contributed by atoms with Gasteiger partial charge in [0.05, 0.1) is 6.26 Å². The molecule has 32 heavy (non-hydrogen) atoms.